The predicted molar refractivity (Wildman–Crippen MR) is 116 cm³/mol. The molecule has 1 N–H and O–H groups in total. The summed E-state index contributed by atoms with van der Waals surface area (Å²) in [5, 5.41) is 10.4. The van der Waals surface area contributed by atoms with Crippen molar-refractivity contribution in [1.29, 1.82) is 0 Å². The molecule has 4 rings (SSSR count). The van der Waals surface area contributed by atoms with Gasteiger partial charge in [-0.25, -0.2) is 0 Å². The molecule has 5 nitrogen and oxygen atoms in total. The van der Waals surface area contributed by atoms with Gasteiger partial charge in [0, 0.05) is 32.1 Å². The van der Waals surface area contributed by atoms with E-state index in [9.17, 15) is 5.11 Å². The van der Waals surface area contributed by atoms with Gasteiger partial charge < -0.3 is 19.5 Å². The molecular weight excluding hydrogens is 364 g/mol. The van der Waals surface area contributed by atoms with Gasteiger partial charge in [-0.15, -0.1) is 6.58 Å². The summed E-state index contributed by atoms with van der Waals surface area (Å²) in [6, 6.07) is 16.4. The Bertz CT molecular complexity index is 803. The van der Waals surface area contributed by atoms with Gasteiger partial charge in [0.2, 0.25) is 0 Å². The van der Waals surface area contributed by atoms with Crippen LogP contribution in [0.1, 0.15) is 17.9 Å². The number of ether oxygens (including phenoxy) is 2. The number of hydrogen-bond acceptors (Lipinski definition) is 5. The Morgan fingerprint density at radius 1 is 0.966 bits per heavy atom. The number of aliphatic hydroxyl groups excluding tert-OH is 1. The van der Waals surface area contributed by atoms with Crippen LogP contribution in [-0.2, 0) is 0 Å². The molecule has 2 aliphatic heterocycles. The van der Waals surface area contributed by atoms with Crippen molar-refractivity contribution in [3.63, 3.8) is 0 Å². The van der Waals surface area contributed by atoms with Crippen molar-refractivity contribution < 1.29 is 14.6 Å². The van der Waals surface area contributed by atoms with Crippen LogP contribution in [0.5, 0.6) is 11.5 Å². The minimum absolute atomic E-state index is 0.0819. The zero-order valence-corrected chi connectivity index (χ0v) is 16.9. The van der Waals surface area contributed by atoms with Crippen LogP contribution in [0.4, 0.5) is 5.69 Å². The Balaban J connectivity index is 1.35. The molecule has 2 aromatic rings. The van der Waals surface area contributed by atoms with E-state index in [0.717, 1.165) is 56.3 Å². The molecule has 0 radical (unpaired) electrons. The third-order valence-electron chi connectivity index (χ3n) is 5.90. The standard InChI is InChI=1S/C24H30N2O3/c1-2-22(27)20(19-7-4-3-5-8-19)11-12-25-13-15-26(16-14-25)21-9-6-10-23-24(21)29-18-17-28-23/h2-10,20,22,27H,1,11-18H2. The molecule has 1 fully saturated rings. The Morgan fingerprint density at radius 2 is 1.72 bits per heavy atom. The van der Waals surface area contributed by atoms with Gasteiger partial charge in [0.25, 0.3) is 0 Å². The molecule has 2 atom stereocenters. The van der Waals surface area contributed by atoms with Crippen LogP contribution in [0.2, 0.25) is 0 Å². The molecule has 0 aromatic heterocycles. The molecule has 0 spiro atoms. The van der Waals surface area contributed by atoms with Gasteiger partial charge in [-0.2, -0.15) is 0 Å². The third-order valence-corrected chi connectivity index (χ3v) is 5.90. The molecule has 0 amide bonds. The lowest BCUT2D eigenvalue weighted by molar-refractivity contribution is 0.166. The summed E-state index contributed by atoms with van der Waals surface area (Å²) in [4.78, 5) is 4.87. The highest BCUT2D eigenvalue weighted by atomic mass is 16.6. The molecule has 154 valence electrons. The van der Waals surface area contributed by atoms with Crippen molar-refractivity contribution in [2.45, 2.75) is 18.4 Å². The summed E-state index contributed by atoms with van der Waals surface area (Å²) in [5.74, 6) is 1.81. The molecule has 0 aliphatic carbocycles. The highest BCUT2D eigenvalue weighted by Crippen LogP contribution is 2.39. The van der Waals surface area contributed by atoms with E-state index in [1.165, 1.54) is 5.56 Å². The zero-order chi connectivity index (χ0) is 20.1. The first-order chi connectivity index (χ1) is 14.3. The molecule has 1 saturated heterocycles. The van der Waals surface area contributed by atoms with E-state index in [2.05, 4.69) is 34.6 Å². The van der Waals surface area contributed by atoms with Gasteiger partial charge in [0.15, 0.2) is 11.5 Å². The number of anilines is 1. The quantitative estimate of drug-likeness (QED) is 0.730. The molecule has 2 aromatic carbocycles. The number of hydrogen-bond donors (Lipinski definition) is 1. The third kappa shape index (κ3) is 4.57. The molecule has 2 aliphatic rings. The maximum atomic E-state index is 10.4. The lowest BCUT2D eigenvalue weighted by atomic mass is 9.90. The fraction of sp³-hybridized carbons (Fsp3) is 0.417. The summed E-state index contributed by atoms with van der Waals surface area (Å²) in [6.07, 6.45) is 2.04. The molecule has 0 bridgehead atoms. The average molecular weight is 395 g/mol. The monoisotopic (exact) mass is 394 g/mol. The van der Waals surface area contributed by atoms with Crippen molar-refractivity contribution in [3.8, 4) is 11.5 Å². The Morgan fingerprint density at radius 3 is 2.48 bits per heavy atom. The van der Waals surface area contributed by atoms with Crippen LogP contribution < -0.4 is 14.4 Å². The van der Waals surface area contributed by atoms with Crippen LogP contribution in [0, 0.1) is 0 Å². The van der Waals surface area contributed by atoms with Crippen LogP contribution in [-0.4, -0.2) is 62.0 Å². The second-order valence-corrected chi connectivity index (χ2v) is 7.66. The van der Waals surface area contributed by atoms with Crippen LogP contribution in [0.15, 0.2) is 61.2 Å². The number of rotatable bonds is 7. The van der Waals surface area contributed by atoms with Gasteiger partial charge in [-0.05, 0) is 30.7 Å². The zero-order valence-electron chi connectivity index (χ0n) is 16.9. The van der Waals surface area contributed by atoms with E-state index < -0.39 is 6.10 Å². The van der Waals surface area contributed by atoms with E-state index in [1.807, 2.05) is 30.3 Å². The first-order valence-electron chi connectivity index (χ1n) is 10.5. The van der Waals surface area contributed by atoms with Crippen LogP contribution >= 0.6 is 0 Å². The van der Waals surface area contributed by atoms with Crippen LogP contribution in [0.3, 0.4) is 0 Å². The van der Waals surface area contributed by atoms with Gasteiger partial charge in [0.1, 0.15) is 13.2 Å². The Labute approximate surface area is 173 Å². The van der Waals surface area contributed by atoms with Crippen molar-refractivity contribution >= 4 is 5.69 Å². The number of benzene rings is 2. The summed E-state index contributed by atoms with van der Waals surface area (Å²) in [7, 11) is 0. The molecule has 5 heteroatoms. The molecule has 2 unspecified atom stereocenters. The maximum Gasteiger partial charge on any atom is 0.184 e. The topological polar surface area (TPSA) is 45.2 Å². The molecule has 29 heavy (non-hydrogen) atoms. The van der Waals surface area contributed by atoms with E-state index in [1.54, 1.807) is 6.08 Å². The minimum atomic E-state index is -0.522. The van der Waals surface area contributed by atoms with Gasteiger partial charge >= 0.3 is 0 Å². The van der Waals surface area contributed by atoms with E-state index in [0.29, 0.717) is 13.2 Å². The first kappa shape index (κ1) is 19.8. The van der Waals surface area contributed by atoms with Crippen molar-refractivity contribution in [2.75, 3.05) is 50.8 Å². The second-order valence-electron chi connectivity index (χ2n) is 7.66. The number of fused-ring (bicyclic) bond motifs is 1. The highest BCUT2D eigenvalue weighted by molar-refractivity contribution is 5.65. The fourth-order valence-electron chi connectivity index (χ4n) is 4.24. The Kier molecular flexibility index (Phi) is 6.37. The number of para-hydroxylation sites is 1. The predicted octanol–water partition coefficient (Wildman–Crippen LogP) is 3.30. The fourth-order valence-corrected chi connectivity index (χ4v) is 4.24. The molecule has 2 heterocycles. The number of piperazine rings is 1. The van der Waals surface area contributed by atoms with Crippen molar-refractivity contribution in [3.05, 3.63) is 66.7 Å². The summed E-state index contributed by atoms with van der Waals surface area (Å²) >= 11 is 0. The van der Waals surface area contributed by atoms with E-state index in [-0.39, 0.29) is 5.92 Å². The molecule has 0 saturated carbocycles. The second kappa shape index (κ2) is 9.33. The summed E-state index contributed by atoms with van der Waals surface area (Å²) in [5.41, 5.74) is 2.30. The van der Waals surface area contributed by atoms with Gasteiger partial charge in [-0.1, -0.05) is 42.5 Å². The first-order valence-corrected chi connectivity index (χ1v) is 10.5. The van der Waals surface area contributed by atoms with Gasteiger partial charge in [0.05, 0.1) is 11.8 Å². The van der Waals surface area contributed by atoms with Crippen LogP contribution in [0.25, 0.3) is 0 Å². The normalized spacial score (nSPS) is 18.9. The number of aliphatic hydroxyl groups is 1. The van der Waals surface area contributed by atoms with Gasteiger partial charge in [-0.3, -0.25) is 4.90 Å². The minimum Gasteiger partial charge on any atom is -0.486 e. The summed E-state index contributed by atoms with van der Waals surface area (Å²) in [6.45, 7) is 9.88. The average Bonchev–Trinajstić information content (AvgIpc) is 2.80. The largest absolute Gasteiger partial charge is 0.486 e. The lowest BCUT2D eigenvalue weighted by Crippen LogP contribution is -2.47. The van der Waals surface area contributed by atoms with E-state index in [4.69, 9.17) is 9.47 Å². The lowest BCUT2D eigenvalue weighted by Gasteiger charge is -2.38. The van der Waals surface area contributed by atoms with E-state index >= 15 is 0 Å². The van der Waals surface area contributed by atoms with Crippen molar-refractivity contribution in [2.24, 2.45) is 0 Å². The number of nitrogens with zero attached hydrogens (tertiary/aromatic N) is 2. The molecular formula is C24H30N2O3. The summed E-state index contributed by atoms with van der Waals surface area (Å²) < 4.78 is 11.6. The van der Waals surface area contributed by atoms with Crippen molar-refractivity contribution in [1.82, 2.24) is 4.90 Å². The maximum absolute atomic E-state index is 10.4. The Hall–Kier alpha value is -2.50. The highest BCUT2D eigenvalue weighted by Gasteiger charge is 2.25. The SMILES string of the molecule is C=CC(O)C(CCN1CCN(c2cccc3c2OCCO3)CC1)c1ccccc1. The smallest absolute Gasteiger partial charge is 0.184 e.